The third-order valence-corrected chi connectivity index (χ3v) is 6.71. The monoisotopic (exact) mass is 346 g/mol. The van der Waals surface area contributed by atoms with Gasteiger partial charge in [-0.2, -0.15) is 0 Å². The molecule has 1 aromatic heterocycles. The van der Waals surface area contributed by atoms with Crippen LogP contribution in [0, 0.1) is 5.92 Å². The molecule has 1 saturated heterocycles. The fraction of sp³-hybridized carbons (Fsp3) is 0.684. The van der Waals surface area contributed by atoms with Crippen LogP contribution in [0.2, 0.25) is 0 Å². The highest BCUT2D eigenvalue weighted by molar-refractivity contribution is 7.14. The van der Waals surface area contributed by atoms with E-state index in [1.54, 1.807) is 11.3 Å². The SMILES string of the molecule is O=C(NC1CC1)[C@@H]1CCc2sc(C(=O)N3CCCCCC3)cc2C1. The molecule has 1 N–H and O–H groups in total. The van der Waals surface area contributed by atoms with Crippen molar-refractivity contribution in [1.29, 1.82) is 0 Å². The minimum absolute atomic E-state index is 0.0915. The van der Waals surface area contributed by atoms with E-state index in [9.17, 15) is 9.59 Å². The Bertz CT molecular complexity index is 627. The van der Waals surface area contributed by atoms with Gasteiger partial charge in [-0.25, -0.2) is 0 Å². The molecule has 0 bridgehead atoms. The predicted molar refractivity (Wildman–Crippen MR) is 95.4 cm³/mol. The molecular formula is C19H26N2O2S. The molecule has 0 spiro atoms. The zero-order valence-corrected chi connectivity index (χ0v) is 15.0. The lowest BCUT2D eigenvalue weighted by molar-refractivity contribution is -0.125. The highest BCUT2D eigenvalue weighted by Gasteiger charge is 2.31. The molecule has 1 saturated carbocycles. The van der Waals surface area contributed by atoms with E-state index in [4.69, 9.17) is 0 Å². The van der Waals surface area contributed by atoms with E-state index in [0.29, 0.717) is 6.04 Å². The number of hydrogen-bond donors (Lipinski definition) is 1. The minimum Gasteiger partial charge on any atom is -0.353 e. The molecule has 0 unspecified atom stereocenters. The highest BCUT2D eigenvalue weighted by Crippen LogP contribution is 2.34. The average molecular weight is 346 g/mol. The fourth-order valence-electron chi connectivity index (χ4n) is 3.83. The van der Waals surface area contributed by atoms with E-state index < -0.39 is 0 Å². The normalized spacial score (nSPS) is 24.2. The van der Waals surface area contributed by atoms with Crippen molar-refractivity contribution in [1.82, 2.24) is 10.2 Å². The predicted octanol–water partition coefficient (Wildman–Crippen LogP) is 3.15. The van der Waals surface area contributed by atoms with Gasteiger partial charge in [-0.3, -0.25) is 9.59 Å². The summed E-state index contributed by atoms with van der Waals surface area (Å²) in [6.07, 6.45) is 9.66. The van der Waals surface area contributed by atoms with Crippen LogP contribution in [-0.4, -0.2) is 35.8 Å². The number of likely N-dealkylation sites (tertiary alicyclic amines) is 1. The van der Waals surface area contributed by atoms with Crippen molar-refractivity contribution in [3.63, 3.8) is 0 Å². The van der Waals surface area contributed by atoms with Crippen LogP contribution in [0.3, 0.4) is 0 Å². The third kappa shape index (κ3) is 3.51. The Balaban J connectivity index is 1.43. The van der Waals surface area contributed by atoms with Crippen molar-refractivity contribution in [3.05, 3.63) is 21.4 Å². The van der Waals surface area contributed by atoms with Gasteiger partial charge < -0.3 is 10.2 Å². The maximum absolute atomic E-state index is 12.8. The quantitative estimate of drug-likeness (QED) is 0.914. The molecule has 4 nitrogen and oxygen atoms in total. The summed E-state index contributed by atoms with van der Waals surface area (Å²) in [6, 6.07) is 2.51. The summed E-state index contributed by atoms with van der Waals surface area (Å²) in [4.78, 5) is 29.3. The summed E-state index contributed by atoms with van der Waals surface area (Å²) in [5.74, 6) is 0.513. The molecule has 2 heterocycles. The summed E-state index contributed by atoms with van der Waals surface area (Å²) in [5, 5.41) is 3.13. The highest BCUT2D eigenvalue weighted by atomic mass is 32.1. The molecule has 24 heavy (non-hydrogen) atoms. The number of rotatable bonds is 3. The lowest BCUT2D eigenvalue weighted by Crippen LogP contribution is -2.35. The summed E-state index contributed by atoms with van der Waals surface area (Å²) < 4.78 is 0. The van der Waals surface area contributed by atoms with Crippen LogP contribution in [-0.2, 0) is 17.6 Å². The van der Waals surface area contributed by atoms with Crippen molar-refractivity contribution in [2.75, 3.05) is 13.1 Å². The van der Waals surface area contributed by atoms with Gasteiger partial charge in [0.15, 0.2) is 0 Å². The number of thiophene rings is 1. The number of carbonyl (C=O) groups is 2. The van der Waals surface area contributed by atoms with Crippen LogP contribution in [0.1, 0.15) is 65.1 Å². The zero-order chi connectivity index (χ0) is 16.5. The number of fused-ring (bicyclic) bond motifs is 1. The maximum Gasteiger partial charge on any atom is 0.263 e. The van der Waals surface area contributed by atoms with Gasteiger partial charge in [-0.1, -0.05) is 12.8 Å². The van der Waals surface area contributed by atoms with E-state index in [1.807, 2.05) is 4.90 Å². The summed E-state index contributed by atoms with van der Waals surface area (Å²) in [6.45, 7) is 1.79. The molecule has 1 atom stereocenters. The molecule has 1 aliphatic heterocycles. The van der Waals surface area contributed by atoms with Crippen molar-refractivity contribution in [2.24, 2.45) is 5.92 Å². The van der Waals surface area contributed by atoms with Gasteiger partial charge in [0, 0.05) is 29.9 Å². The first-order valence-electron chi connectivity index (χ1n) is 9.42. The smallest absolute Gasteiger partial charge is 0.263 e. The molecule has 3 aliphatic rings. The average Bonchev–Trinajstić information content (AvgIpc) is 3.35. The first-order valence-corrected chi connectivity index (χ1v) is 10.2. The number of carbonyl (C=O) groups excluding carboxylic acids is 2. The molecule has 2 aliphatic carbocycles. The van der Waals surface area contributed by atoms with Crippen LogP contribution < -0.4 is 5.32 Å². The molecule has 0 radical (unpaired) electrons. The molecule has 1 aromatic rings. The minimum atomic E-state index is 0.0915. The Morgan fingerprint density at radius 3 is 2.54 bits per heavy atom. The van der Waals surface area contributed by atoms with Crippen molar-refractivity contribution < 1.29 is 9.59 Å². The Morgan fingerprint density at radius 1 is 1.08 bits per heavy atom. The second kappa shape index (κ2) is 6.87. The topological polar surface area (TPSA) is 49.4 Å². The van der Waals surface area contributed by atoms with Crippen LogP contribution in [0.25, 0.3) is 0 Å². The summed E-state index contributed by atoms with van der Waals surface area (Å²) in [7, 11) is 0. The summed E-state index contributed by atoms with van der Waals surface area (Å²) in [5.41, 5.74) is 1.24. The van der Waals surface area contributed by atoms with E-state index in [-0.39, 0.29) is 17.7 Å². The fourth-order valence-corrected chi connectivity index (χ4v) is 5.01. The van der Waals surface area contributed by atoms with Gasteiger partial charge in [0.2, 0.25) is 5.91 Å². The van der Waals surface area contributed by atoms with E-state index >= 15 is 0 Å². The van der Waals surface area contributed by atoms with E-state index in [2.05, 4.69) is 11.4 Å². The molecule has 4 rings (SSSR count). The molecule has 2 amide bonds. The maximum atomic E-state index is 12.8. The van der Waals surface area contributed by atoms with Crippen molar-refractivity contribution in [3.8, 4) is 0 Å². The third-order valence-electron chi connectivity index (χ3n) is 5.48. The number of amides is 2. The first-order chi connectivity index (χ1) is 11.7. The second-order valence-electron chi connectivity index (χ2n) is 7.49. The Hall–Kier alpha value is -1.36. The number of nitrogens with one attached hydrogen (secondary N) is 1. The second-order valence-corrected chi connectivity index (χ2v) is 8.62. The van der Waals surface area contributed by atoms with Crippen molar-refractivity contribution in [2.45, 2.75) is 63.8 Å². The van der Waals surface area contributed by atoms with Gasteiger partial charge >= 0.3 is 0 Å². The van der Waals surface area contributed by atoms with Crippen LogP contribution in [0.4, 0.5) is 0 Å². The van der Waals surface area contributed by atoms with Gasteiger partial charge in [0.1, 0.15) is 0 Å². The van der Waals surface area contributed by atoms with Gasteiger partial charge in [0.05, 0.1) is 4.88 Å². The van der Waals surface area contributed by atoms with Crippen LogP contribution in [0.5, 0.6) is 0 Å². The van der Waals surface area contributed by atoms with Gasteiger partial charge in [-0.05, 0) is 56.6 Å². The van der Waals surface area contributed by atoms with Gasteiger partial charge in [-0.15, -0.1) is 11.3 Å². The largest absolute Gasteiger partial charge is 0.353 e. The van der Waals surface area contributed by atoms with Crippen LogP contribution in [0.15, 0.2) is 6.07 Å². The van der Waals surface area contributed by atoms with Crippen LogP contribution >= 0.6 is 11.3 Å². The zero-order valence-electron chi connectivity index (χ0n) is 14.2. The molecule has 2 fully saturated rings. The molecule has 130 valence electrons. The lowest BCUT2D eigenvalue weighted by Gasteiger charge is -2.21. The number of nitrogens with zero attached hydrogens (tertiary/aromatic N) is 1. The van der Waals surface area contributed by atoms with E-state index in [0.717, 1.165) is 62.9 Å². The molecule has 5 heteroatoms. The van der Waals surface area contributed by atoms with Crippen molar-refractivity contribution >= 4 is 23.2 Å². The lowest BCUT2D eigenvalue weighted by atomic mass is 9.87. The number of hydrogen-bond acceptors (Lipinski definition) is 3. The Kier molecular flexibility index (Phi) is 4.61. The Morgan fingerprint density at radius 2 is 1.83 bits per heavy atom. The number of aryl methyl sites for hydroxylation is 1. The van der Waals surface area contributed by atoms with E-state index in [1.165, 1.54) is 23.3 Å². The summed E-state index contributed by atoms with van der Waals surface area (Å²) >= 11 is 1.66. The van der Waals surface area contributed by atoms with Gasteiger partial charge in [0.25, 0.3) is 5.91 Å². The molecular weight excluding hydrogens is 320 g/mol. The Labute approximate surface area is 147 Å². The first kappa shape index (κ1) is 16.1. The standard InChI is InChI=1S/C19H26N2O2S/c22-18(20-15-6-7-15)13-5-8-16-14(11-13)12-17(24-16)19(23)21-9-3-1-2-4-10-21/h12-13,15H,1-11H2,(H,20,22)/t13-/m1/s1. The molecule has 0 aromatic carbocycles.